The van der Waals surface area contributed by atoms with Crippen LogP contribution in [0.4, 0.5) is 5.69 Å². The molecule has 0 atom stereocenters. The third-order valence-corrected chi connectivity index (χ3v) is 3.82. The number of nitrogens with two attached hydrogens (primary N) is 1. The van der Waals surface area contributed by atoms with Gasteiger partial charge < -0.3 is 20.7 Å². The second-order valence-electron chi connectivity index (χ2n) is 7.62. The Balaban J connectivity index is 0. The van der Waals surface area contributed by atoms with Crippen LogP contribution in [-0.4, -0.2) is 51.3 Å². The highest BCUT2D eigenvalue weighted by atomic mass is 32.1. The lowest BCUT2D eigenvalue weighted by Crippen LogP contribution is -2.30. The Morgan fingerprint density at radius 3 is 2.07 bits per heavy atom. The predicted octanol–water partition coefficient (Wildman–Crippen LogP) is 4.10. The molecule has 0 heterocycles. The molecule has 0 bridgehead atoms. The fourth-order valence-electron chi connectivity index (χ4n) is 2.34. The number of nitrogens with one attached hydrogen (secondary N) is 1. The van der Waals surface area contributed by atoms with Gasteiger partial charge in [0, 0.05) is 18.7 Å². The summed E-state index contributed by atoms with van der Waals surface area (Å²) in [7, 11) is 2.10. The van der Waals surface area contributed by atoms with Crippen molar-refractivity contribution < 1.29 is 4.74 Å². The molecule has 3 N–H and O–H groups in total. The van der Waals surface area contributed by atoms with Crippen LogP contribution in [0.25, 0.3) is 0 Å². The van der Waals surface area contributed by atoms with Gasteiger partial charge in [-0.15, -0.1) is 0 Å². The van der Waals surface area contributed by atoms with Crippen molar-refractivity contribution in [2.45, 2.75) is 66.7 Å². The highest BCUT2D eigenvalue weighted by Crippen LogP contribution is 2.30. The van der Waals surface area contributed by atoms with Gasteiger partial charge in [0.25, 0.3) is 0 Å². The van der Waals surface area contributed by atoms with Crippen LogP contribution >= 0.6 is 12.2 Å². The van der Waals surface area contributed by atoms with Crippen molar-refractivity contribution >= 4 is 17.9 Å². The van der Waals surface area contributed by atoms with Gasteiger partial charge in [-0.05, 0) is 32.0 Å². The minimum absolute atomic E-state index is 0.0300. The van der Waals surface area contributed by atoms with Crippen molar-refractivity contribution in [1.29, 1.82) is 0 Å². The Kier molecular flexibility index (Phi) is 17.0. The van der Waals surface area contributed by atoms with E-state index in [2.05, 4.69) is 58.8 Å². The molecule has 1 rings (SSSR count). The zero-order valence-corrected chi connectivity index (χ0v) is 19.7. The van der Waals surface area contributed by atoms with E-state index in [1.807, 2.05) is 6.92 Å². The Bertz CT molecular complexity index is 544. The number of hydrogen-bond acceptors (Lipinski definition) is 6. The van der Waals surface area contributed by atoms with Crippen LogP contribution in [0.2, 0.25) is 0 Å². The molecule has 6 heteroatoms. The lowest BCUT2D eigenvalue weighted by atomic mass is 9.83. The quantitative estimate of drug-likeness (QED) is 0.480. The summed E-state index contributed by atoms with van der Waals surface area (Å²) >= 11 is 5.14. The molecule has 0 saturated carbocycles. The second kappa shape index (κ2) is 16.2. The minimum Gasteiger partial charge on any atom is -0.379 e. The summed E-state index contributed by atoms with van der Waals surface area (Å²) in [4.78, 5) is 14.0. The summed E-state index contributed by atoms with van der Waals surface area (Å²) in [5.41, 5.74) is 6.39. The number of hydrogen-bond donors (Lipinski definition) is 2. The lowest BCUT2D eigenvalue weighted by molar-refractivity contribution is 0.119. The van der Waals surface area contributed by atoms with Crippen molar-refractivity contribution in [1.82, 2.24) is 4.90 Å². The topological polar surface area (TPSA) is 67.6 Å². The van der Waals surface area contributed by atoms with Crippen LogP contribution in [0.3, 0.4) is 0 Å². The number of likely N-dealkylation sites (N-methyl/N-ethyl adjacent to an activating group) is 1. The second-order valence-corrected chi connectivity index (χ2v) is 8.02. The van der Waals surface area contributed by atoms with Crippen molar-refractivity contribution in [3.63, 3.8) is 0 Å². The summed E-state index contributed by atoms with van der Waals surface area (Å²) < 4.78 is 6.06. The van der Waals surface area contributed by atoms with Gasteiger partial charge in [-0.25, -0.2) is 0 Å². The maximum absolute atomic E-state index is 11.8. The monoisotopic (exact) mass is 401 g/mol. The van der Waals surface area contributed by atoms with E-state index < -0.39 is 0 Å². The Morgan fingerprint density at radius 2 is 1.63 bits per heavy atom. The third-order valence-electron chi connectivity index (χ3n) is 3.43. The summed E-state index contributed by atoms with van der Waals surface area (Å²) in [6, 6.07) is 0. The fourth-order valence-corrected chi connectivity index (χ4v) is 2.85. The van der Waals surface area contributed by atoms with Gasteiger partial charge in [-0.1, -0.05) is 67.1 Å². The van der Waals surface area contributed by atoms with Crippen molar-refractivity contribution in [2.75, 3.05) is 51.8 Å². The molecule has 160 valence electrons. The maximum Gasteiger partial charge on any atom is 0.220 e. The Hall–Kier alpha value is -0.820. The third kappa shape index (κ3) is 12.3. The molecule has 0 aliphatic rings. The van der Waals surface area contributed by atoms with Gasteiger partial charge in [0.2, 0.25) is 5.43 Å². The van der Waals surface area contributed by atoms with Crippen molar-refractivity contribution in [3.8, 4) is 0 Å². The van der Waals surface area contributed by atoms with Crippen LogP contribution in [0.5, 0.6) is 0 Å². The molecule has 0 aromatic heterocycles. The lowest BCUT2D eigenvalue weighted by Gasteiger charge is -2.25. The van der Waals surface area contributed by atoms with Crippen LogP contribution in [0.15, 0.2) is 4.79 Å². The van der Waals surface area contributed by atoms with Gasteiger partial charge in [-0.3, -0.25) is 4.79 Å². The van der Waals surface area contributed by atoms with Gasteiger partial charge in [0.05, 0.1) is 23.4 Å². The molecule has 1 aromatic carbocycles. The van der Waals surface area contributed by atoms with E-state index in [1.54, 1.807) is 0 Å². The normalized spacial score (nSPS) is 10.9. The van der Waals surface area contributed by atoms with Gasteiger partial charge in [0.1, 0.15) is 0 Å². The molecular weight excluding hydrogens is 358 g/mol. The molecule has 0 saturated heterocycles. The van der Waals surface area contributed by atoms with E-state index in [0.29, 0.717) is 23.3 Å². The average molecular weight is 402 g/mol. The highest BCUT2D eigenvalue weighted by molar-refractivity contribution is 7.71. The van der Waals surface area contributed by atoms with Crippen LogP contribution in [0.1, 0.15) is 66.9 Å². The molecule has 0 aliphatic heterocycles. The zero-order chi connectivity index (χ0) is 21.5. The maximum atomic E-state index is 11.8. The largest absolute Gasteiger partial charge is 0.379 e. The van der Waals surface area contributed by atoms with E-state index in [9.17, 15) is 4.79 Å². The van der Waals surface area contributed by atoms with Gasteiger partial charge >= 0.3 is 0 Å². The van der Waals surface area contributed by atoms with Crippen molar-refractivity contribution in [2.24, 2.45) is 5.73 Å². The van der Waals surface area contributed by atoms with E-state index >= 15 is 0 Å². The first kappa shape index (κ1) is 28.4. The fraction of sp³-hybridized carbons (Fsp3) is 0.810. The smallest absolute Gasteiger partial charge is 0.220 e. The molecule has 0 aliphatic carbocycles. The molecule has 0 unspecified atom stereocenters. The summed E-state index contributed by atoms with van der Waals surface area (Å²) in [5, 5.41) is 3.17. The van der Waals surface area contributed by atoms with Crippen LogP contribution < -0.4 is 16.5 Å². The van der Waals surface area contributed by atoms with E-state index in [0.717, 1.165) is 38.2 Å². The Labute approximate surface area is 172 Å². The van der Waals surface area contributed by atoms with Crippen LogP contribution in [-0.2, 0) is 10.2 Å². The predicted molar refractivity (Wildman–Crippen MR) is 122 cm³/mol. The minimum atomic E-state index is -0.0863. The number of nitrogens with zero attached hydrogens (tertiary/aromatic N) is 1. The van der Waals surface area contributed by atoms with Gasteiger partial charge in [0.15, 0.2) is 0 Å². The molecule has 0 spiro atoms. The molecule has 0 amide bonds. The summed E-state index contributed by atoms with van der Waals surface area (Å²) in [6.45, 7) is 19.3. The SMILES string of the molecule is CCC.CCCN(C)CCOCCNc1c(C(C)(C)C)c(=S)c1=O.CCN. The standard InChI is InChI=1S/C16H28N2O2S.C3H8.C2H7N/c1-6-8-18(5)9-11-20-10-7-17-13-12(16(2,3)4)15(21)14(13)19;1-3-2;1-2-3/h17H,6-11H2,1-5H3;3H2,1-2H3;2-3H2,1H3. The molecule has 1 aromatic rings. The van der Waals surface area contributed by atoms with Crippen LogP contribution in [0, 0.1) is 4.51 Å². The number of anilines is 1. The molecule has 0 radical (unpaired) electrons. The highest BCUT2D eigenvalue weighted by Gasteiger charge is 2.27. The first-order valence-electron chi connectivity index (χ1n) is 10.2. The summed E-state index contributed by atoms with van der Waals surface area (Å²) in [5.74, 6) is 0. The number of rotatable bonds is 9. The Morgan fingerprint density at radius 1 is 1.11 bits per heavy atom. The molecule has 0 fully saturated rings. The molecule has 27 heavy (non-hydrogen) atoms. The molecular formula is C21H43N3O2S. The van der Waals surface area contributed by atoms with Crippen molar-refractivity contribution in [3.05, 3.63) is 20.3 Å². The number of ether oxygens (including phenoxy) is 1. The summed E-state index contributed by atoms with van der Waals surface area (Å²) in [6.07, 6.45) is 2.41. The first-order chi connectivity index (χ1) is 12.6. The van der Waals surface area contributed by atoms with E-state index in [-0.39, 0.29) is 10.8 Å². The zero-order valence-electron chi connectivity index (χ0n) is 18.9. The van der Waals surface area contributed by atoms with E-state index in [1.165, 1.54) is 6.42 Å². The van der Waals surface area contributed by atoms with Gasteiger partial charge in [-0.2, -0.15) is 0 Å². The van der Waals surface area contributed by atoms with E-state index in [4.69, 9.17) is 22.7 Å². The molecule has 5 nitrogen and oxygen atoms in total. The first-order valence-corrected chi connectivity index (χ1v) is 10.6. The average Bonchev–Trinajstić information content (AvgIpc) is 2.56.